The standard InChI is InChI=1S/2C62H39N5O/c1-6-19-40(20-7-1)44-35-45(41-21-8-2-9-22-41)37-46(36-44)47-38-53(62-65-60(42-23-10-3-11-24-42)64-61(66-62)43-25-12-4-13-26-43)57(63-39-47)52-31-18-30-51-56-55(68-59(51)52)34-33-50-49-29-16-17-32-54(49)67(58(50)56)48-27-14-5-15-28-48;1-6-18-40(19-7-1)45-34-46(41-20-8-2-9-21-41)36-47(35-45)48-37-53(62-65-60(42-22-10-3-11-23-42)64-61(66-62)43-24-12-4-13-25-43)58(63-39-48)44-30-31-52-56(38-44)68-55-33-32-51-50-28-16-17-29-54(50)67(59(51)57(52)55)49-26-14-5-15-27-49/h2*1-39H. The second kappa shape index (κ2) is 34.1. The summed E-state index contributed by atoms with van der Waals surface area (Å²) in [6.45, 7) is 0. The molecule has 0 radical (unpaired) electrons. The molecule has 12 nitrogen and oxygen atoms in total. The number of aromatic nitrogens is 10. The number of furan rings is 2. The Labute approximate surface area is 782 Å². The van der Waals surface area contributed by atoms with Gasteiger partial charge in [-0.2, -0.15) is 0 Å². The van der Waals surface area contributed by atoms with Crippen LogP contribution in [0.3, 0.4) is 0 Å². The molecule has 0 atom stereocenters. The fraction of sp³-hybridized carbons (Fsp3) is 0. The number of hydrogen-bond donors (Lipinski definition) is 0. The Kier molecular flexibility index (Phi) is 20.0. The lowest BCUT2D eigenvalue weighted by Gasteiger charge is -2.15. The van der Waals surface area contributed by atoms with Crippen molar-refractivity contribution in [1.29, 1.82) is 0 Å². The summed E-state index contributed by atoms with van der Waals surface area (Å²) in [5.74, 6) is 3.32. The summed E-state index contributed by atoms with van der Waals surface area (Å²) in [4.78, 5) is 42.0. The van der Waals surface area contributed by atoms with Crippen molar-refractivity contribution in [2.45, 2.75) is 0 Å². The Balaban J connectivity index is 0.000000145. The minimum Gasteiger partial charge on any atom is -0.456 e. The maximum absolute atomic E-state index is 7.05. The van der Waals surface area contributed by atoms with E-state index in [9.17, 15) is 0 Å². The molecule has 136 heavy (non-hydrogen) atoms. The van der Waals surface area contributed by atoms with Crippen molar-refractivity contribution in [2.24, 2.45) is 0 Å². The van der Waals surface area contributed by atoms with Crippen LogP contribution in [0.1, 0.15) is 0 Å². The molecule has 8 heterocycles. The molecule has 0 amide bonds. The molecule has 26 aromatic rings. The number of hydrogen-bond acceptors (Lipinski definition) is 10. The van der Waals surface area contributed by atoms with Crippen LogP contribution < -0.4 is 0 Å². The molecule has 0 N–H and O–H groups in total. The molecule has 0 saturated heterocycles. The van der Waals surface area contributed by atoms with Gasteiger partial charge in [-0.15, -0.1) is 0 Å². The first kappa shape index (κ1) is 79.6. The SMILES string of the molecule is c1ccc(-c2cc(-c3ccccc3)cc(-c3cnc(-c4ccc5c(c4)oc4ccc6c7ccccc7n(-c7ccccc7)c6c45)c(-c4nc(-c5ccccc5)nc(-c5ccccc5)n4)c3)c2)cc1.c1ccc(-c2cc(-c3ccccc3)cc(-c3cnc(-c4cccc5c4oc4ccc6c7ccccc7n(-c7ccccc7)c6c45)c(-c4nc(-c5ccccc5)nc(-c5ccccc5)n4)c3)c2)cc1. The van der Waals surface area contributed by atoms with E-state index < -0.39 is 0 Å². The molecule has 8 aromatic heterocycles. The zero-order valence-electron chi connectivity index (χ0n) is 73.3. The fourth-order valence-electron chi connectivity index (χ4n) is 19.3. The highest BCUT2D eigenvalue weighted by atomic mass is 16.3. The highest BCUT2D eigenvalue weighted by Crippen LogP contribution is 2.49. The predicted molar refractivity (Wildman–Crippen MR) is 555 cm³/mol. The molecule has 18 aromatic carbocycles. The van der Waals surface area contributed by atoms with Crippen molar-refractivity contribution in [2.75, 3.05) is 0 Å². The van der Waals surface area contributed by atoms with Crippen LogP contribution in [0.15, 0.2) is 482 Å². The average Bonchev–Trinajstić information content (AvgIpc) is 1.56. The van der Waals surface area contributed by atoms with Crippen LogP contribution >= 0.6 is 0 Å². The second-order valence-electron chi connectivity index (χ2n) is 34.0. The van der Waals surface area contributed by atoms with Crippen LogP contribution in [0.25, 0.3) is 256 Å². The predicted octanol–water partition coefficient (Wildman–Crippen LogP) is 31.9. The van der Waals surface area contributed by atoms with Crippen LogP contribution in [0.2, 0.25) is 0 Å². The number of fused-ring (bicyclic) bond motifs is 14. The molecule has 12 heteroatoms. The van der Waals surface area contributed by atoms with E-state index >= 15 is 0 Å². The number of rotatable bonds is 16. The van der Waals surface area contributed by atoms with E-state index in [1.807, 2.05) is 134 Å². The minimum atomic E-state index is 0.504. The van der Waals surface area contributed by atoms with Crippen molar-refractivity contribution in [3.63, 3.8) is 0 Å². The number of nitrogens with zero attached hydrogens (tertiary/aromatic N) is 10. The maximum Gasteiger partial charge on any atom is 0.166 e. The van der Waals surface area contributed by atoms with E-state index in [2.05, 4.69) is 349 Å². The summed E-state index contributed by atoms with van der Waals surface area (Å²) in [6, 6.07) is 160. The third-order valence-corrected chi connectivity index (χ3v) is 25.7. The highest BCUT2D eigenvalue weighted by Gasteiger charge is 2.28. The van der Waals surface area contributed by atoms with Gasteiger partial charge in [-0.25, -0.2) is 29.9 Å². The Hall–Kier alpha value is -18.5. The van der Waals surface area contributed by atoms with Crippen molar-refractivity contribution in [1.82, 2.24) is 49.0 Å². The Bertz CT molecular complexity index is 8820. The molecule has 0 aliphatic heterocycles. The van der Waals surface area contributed by atoms with Crippen LogP contribution in [-0.2, 0) is 0 Å². The number of benzene rings is 18. The van der Waals surface area contributed by atoms with E-state index in [1.165, 1.54) is 16.2 Å². The third-order valence-electron chi connectivity index (χ3n) is 25.7. The minimum absolute atomic E-state index is 0.504. The summed E-state index contributed by atoms with van der Waals surface area (Å²) in [5.41, 5.74) is 30.9. The van der Waals surface area contributed by atoms with Gasteiger partial charge in [0.15, 0.2) is 34.9 Å². The van der Waals surface area contributed by atoms with E-state index in [0.29, 0.717) is 40.6 Å². The topological polar surface area (TPSA) is 139 Å². The third kappa shape index (κ3) is 14.6. The first-order valence-electron chi connectivity index (χ1n) is 45.6. The largest absolute Gasteiger partial charge is 0.456 e. The lowest BCUT2D eigenvalue weighted by molar-refractivity contribution is 0.669. The van der Waals surface area contributed by atoms with Gasteiger partial charge in [0.2, 0.25) is 0 Å². The van der Waals surface area contributed by atoms with Gasteiger partial charge < -0.3 is 18.0 Å². The summed E-state index contributed by atoms with van der Waals surface area (Å²) in [5, 5.41) is 8.84. The van der Waals surface area contributed by atoms with Crippen LogP contribution in [0.5, 0.6) is 0 Å². The summed E-state index contributed by atoms with van der Waals surface area (Å²) in [6.07, 6.45) is 3.95. The molecule has 0 bridgehead atoms. The van der Waals surface area contributed by atoms with E-state index in [0.717, 1.165) is 200 Å². The zero-order chi connectivity index (χ0) is 89.9. The van der Waals surface area contributed by atoms with Crippen LogP contribution in [0, 0.1) is 0 Å². The number of pyridine rings is 2. The van der Waals surface area contributed by atoms with Gasteiger partial charge in [0, 0.05) is 112 Å². The van der Waals surface area contributed by atoms with Gasteiger partial charge in [-0.3, -0.25) is 9.97 Å². The summed E-state index contributed by atoms with van der Waals surface area (Å²) < 4.78 is 18.6. The summed E-state index contributed by atoms with van der Waals surface area (Å²) >= 11 is 0. The van der Waals surface area contributed by atoms with Gasteiger partial charge in [0.05, 0.1) is 44.2 Å². The molecule has 0 saturated carbocycles. The van der Waals surface area contributed by atoms with Gasteiger partial charge in [0.25, 0.3) is 0 Å². The fourth-order valence-corrected chi connectivity index (χ4v) is 19.3. The lowest BCUT2D eigenvalue weighted by atomic mass is 9.92. The molecule has 26 rings (SSSR count). The molecular formula is C124H78N10O2. The van der Waals surface area contributed by atoms with Crippen molar-refractivity contribution < 1.29 is 8.83 Å². The van der Waals surface area contributed by atoms with Crippen molar-refractivity contribution in [3.05, 3.63) is 473 Å². The van der Waals surface area contributed by atoms with Crippen molar-refractivity contribution >= 4 is 87.5 Å². The van der Waals surface area contributed by atoms with Gasteiger partial charge in [-0.05, 0) is 183 Å². The summed E-state index contributed by atoms with van der Waals surface area (Å²) in [7, 11) is 0. The average molecular weight is 1740 g/mol. The van der Waals surface area contributed by atoms with Crippen LogP contribution in [-0.4, -0.2) is 49.0 Å². The van der Waals surface area contributed by atoms with Gasteiger partial charge in [0.1, 0.15) is 22.3 Å². The Morgan fingerprint density at radius 3 is 0.882 bits per heavy atom. The van der Waals surface area contributed by atoms with E-state index in [1.54, 1.807) is 0 Å². The number of para-hydroxylation sites is 5. The molecule has 0 aliphatic carbocycles. The molecule has 0 unspecified atom stereocenters. The first-order valence-corrected chi connectivity index (χ1v) is 45.6. The normalized spacial score (nSPS) is 11.5. The van der Waals surface area contributed by atoms with Crippen LogP contribution in [0.4, 0.5) is 0 Å². The lowest BCUT2D eigenvalue weighted by Crippen LogP contribution is -2.02. The quantitative estimate of drug-likeness (QED) is 0.0918. The molecule has 0 spiro atoms. The van der Waals surface area contributed by atoms with E-state index in [-0.39, 0.29) is 0 Å². The Morgan fingerprint density at radius 2 is 0.485 bits per heavy atom. The van der Waals surface area contributed by atoms with E-state index in [4.69, 9.17) is 48.7 Å². The molecule has 0 fully saturated rings. The monoisotopic (exact) mass is 1740 g/mol. The molecular weight excluding hydrogens is 1660 g/mol. The molecule has 636 valence electrons. The first-order chi connectivity index (χ1) is 67.4. The van der Waals surface area contributed by atoms with Gasteiger partial charge in [-0.1, -0.05) is 334 Å². The molecule has 0 aliphatic rings. The smallest absolute Gasteiger partial charge is 0.166 e. The Morgan fingerprint density at radius 1 is 0.176 bits per heavy atom. The second-order valence-corrected chi connectivity index (χ2v) is 34.0. The van der Waals surface area contributed by atoms with Crippen molar-refractivity contribution in [3.8, 4) is 169 Å². The maximum atomic E-state index is 7.05. The highest BCUT2D eigenvalue weighted by molar-refractivity contribution is 6.27. The zero-order valence-corrected chi connectivity index (χ0v) is 73.3. The van der Waals surface area contributed by atoms with Gasteiger partial charge >= 0.3 is 0 Å².